The van der Waals surface area contributed by atoms with Crippen LogP contribution in [-0.4, -0.2) is 43.1 Å². The topological polar surface area (TPSA) is 55.8 Å². The first-order chi connectivity index (χ1) is 11.9. The summed E-state index contributed by atoms with van der Waals surface area (Å²) in [7, 11) is 0. The van der Waals surface area contributed by atoms with Crippen LogP contribution in [-0.2, 0) is 20.7 Å². The van der Waals surface area contributed by atoms with Gasteiger partial charge in [-0.3, -0.25) is 9.59 Å². The Morgan fingerprint density at radius 3 is 2.44 bits per heavy atom. The van der Waals surface area contributed by atoms with Gasteiger partial charge >= 0.3 is 5.97 Å². The van der Waals surface area contributed by atoms with E-state index >= 15 is 0 Å². The van der Waals surface area contributed by atoms with Crippen molar-refractivity contribution in [2.24, 2.45) is 17.8 Å². The SMILES string of the molecule is CC(C)CN(CC(C)C)C(=O)COC(=O)C1COc2ccccc2C1. The molecule has 0 saturated heterocycles. The molecule has 1 heterocycles. The second kappa shape index (κ2) is 8.88. The number of amides is 1. The van der Waals surface area contributed by atoms with Crippen LogP contribution in [0.5, 0.6) is 5.75 Å². The number of hydrogen-bond acceptors (Lipinski definition) is 4. The Morgan fingerprint density at radius 1 is 1.16 bits per heavy atom. The zero-order valence-corrected chi connectivity index (χ0v) is 15.7. The molecule has 2 rings (SSSR count). The lowest BCUT2D eigenvalue weighted by atomic mass is 9.97. The molecule has 5 heteroatoms. The van der Waals surface area contributed by atoms with Crippen LogP contribution in [0.15, 0.2) is 24.3 Å². The lowest BCUT2D eigenvalue weighted by molar-refractivity contribution is -0.157. The quantitative estimate of drug-likeness (QED) is 0.712. The average molecular weight is 347 g/mol. The lowest BCUT2D eigenvalue weighted by Crippen LogP contribution is -2.40. The number of para-hydroxylation sites is 1. The third kappa shape index (κ3) is 5.76. The minimum absolute atomic E-state index is 0.132. The van der Waals surface area contributed by atoms with Crippen LogP contribution in [0.25, 0.3) is 0 Å². The van der Waals surface area contributed by atoms with Crippen LogP contribution in [0.3, 0.4) is 0 Å². The van der Waals surface area contributed by atoms with Crippen molar-refractivity contribution in [1.29, 1.82) is 0 Å². The molecule has 0 fully saturated rings. The number of fused-ring (bicyclic) bond motifs is 1. The maximum Gasteiger partial charge on any atom is 0.313 e. The Balaban J connectivity index is 1.87. The molecule has 1 aliphatic heterocycles. The molecule has 0 aliphatic carbocycles. The molecule has 0 bridgehead atoms. The van der Waals surface area contributed by atoms with Crippen molar-refractivity contribution in [1.82, 2.24) is 4.90 Å². The Bertz CT molecular complexity index is 587. The first-order valence-corrected chi connectivity index (χ1v) is 9.02. The summed E-state index contributed by atoms with van der Waals surface area (Å²) in [5.74, 6) is 0.724. The Kier molecular flexibility index (Phi) is 6.85. The molecule has 1 unspecified atom stereocenters. The number of carbonyl (C=O) groups excluding carboxylic acids is 2. The molecule has 0 saturated carbocycles. The molecule has 1 aromatic carbocycles. The summed E-state index contributed by atoms with van der Waals surface area (Å²) in [6.45, 7) is 9.74. The minimum atomic E-state index is -0.364. The van der Waals surface area contributed by atoms with E-state index in [1.807, 2.05) is 24.3 Å². The highest BCUT2D eigenvalue weighted by Crippen LogP contribution is 2.27. The first-order valence-electron chi connectivity index (χ1n) is 9.02. The number of ether oxygens (including phenoxy) is 2. The standard InChI is InChI=1S/C20H29NO4/c1-14(2)10-21(11-15(3)4)19(22)13-25-20(23)17-9-16-7-5-6-8-18(16)24-12-17/h5-8,14-15,17H,9-13H2,1-4H3. The summed E-state index contributed by atoms with van der Waals surface area (Å²) in [5, 5.41) is 0. The van der Waals surface area contributed by atoms with Crippen LogP contribution in [0, 0.1) is 17.8 Å². The maximum absolute atomic E-state index is 12.4. The van der Waals surface area contributed by atoms with Gasteiger partial charge in [-0.1, -0.05) is 45.9 Å². The van der Waals surface area contributed by atoms with Gasteiger partial charge in [0.15, 0.2) is 6.61 Å². The van der Waals surface area contributed by atoms with Crippen molar-refractivity contribution in [3.8, 4) is 5.75 Å². The van der Waals surface area contributed by atoms with Crippen molar-refractivity contribution in [2.45, 2.75) is 34.1 Å². The van der Waals surface area contributed by atoms with Crippen molar-refractivity contribution in [3.63, 3.8) is 0 Å². The molecule has 0 radical (unpaired) electrons. The monoisotopic (exact) mass is 347 g/mol. The van der Waals surface area contributed by atoms with Crippen molar-refractivity contribution in [3.05, 3.63) is 29.8 Å². The van der Waals surface area contributed by atoms with Gasteiger partial charge in [-0.15, -0.1) is 0 Å². The Labute approximate surface area is 150 Å². The molecule has 5 nitrogen and oxygen atoms in total. The molecule has 0 aromatic heterocycles. The van der Waals surface area contributed by atoms with E-state index in [0.29, 0.717) is 38.0 Å². The predicted octanol–water partition coefficient (Wildman–Crippen LogP) is 2.92. The number of benzene rings is 1. The molecule has 138 valence electrons. The van der Waals surface area contributed by atoms with E-state index in [-0.39, 0.29) is 24.4 Å². The van der Waals surface area contributed by atoms with E-state index in [4.69, 9.17) is 9.47 Å². The van der Waals surface area contributed by atoms with Crippen molar-refractivity contribution < 1.29 is 19.1 Å². The smallest absolute Gasteiger partial charge is 0.313 e. The van der Waals surface area contributed by atoms with E-state index < -0.39 is 0 Å². The fourth-order valence-electron chi connectivity index (χ4n) is 2.98. The van der Waals surface area contributed by atoms with Gasteiger partial charge < -0.3 is 14.4 Å². The minimum Gasteiger partial charge on any atom is -0.492 e. The number of esters is 1. The molecular formula is C20H29NO4. The average Bonchev–Trinajstić information content (AvgIpc) is 2.57. The van der Waals surface area contributed by atoms with E-state index in [2.05, 4.69) is 27.7 Å². The van der Waals surface area contributed by atoms with E-state index in [0.717, 1.165) is 11.3 Å². The largest absolute Gasteiger partial charge is 0.492 e. The second-order valence-corrected chi connectivity index (χ2v) is 7.51. The number of hydrogen-bond donors (Lipinski definition) is 0. The van der Waals surface area contributed by atoms with Crippen LogP contribution < -0.4 is 4.74 Å². The number of carbonyl (C=O) groups is 2. The van der Waals surface area contributed by atoms with Gasteiger partial charge in [0.1, 0.15) is 12.4 Å². The van der Waals surface area contributed by atoms with Crippen LogP contribution in [0.4, 0.5) is 0 Å². The van der Waals surface area contributed by atoms with Crippen LogP contribution >= 0.6 is 0 Å². The number of rotatable bonds is 7. The molecule has 1 atom stereocenters. The summed E-state index contributed by atoms with van der Waals surface area (Å²) >= 11 is 0. The van der Waals surface area contributed by atoms with Gasteiger partial charge in [-0.05, 0) is 29.9 Å². The third-order valence-electron chi connectivity index (χ3n) is 4.07. The Hall–Kier alpha value is -2.04. The summed E-state index contributed by atoms with van der Waals surface area (Å²) in [6.07, 6.45) is 0.588. The number of nitrogens with zero attached hydrogens (tertiary/aromatic N) is 1. The maximum atomic E-state index is 12.4. The van der Waals surface area contributed by atoms with Gasteiger partial charge in [0.05, 0.1) is 5.92 Å². The van der Waals surface area contributed by atoms with E-state index in [9.17, 15) is 9.59 Å². The summed E-state index contributed by atoms with van der Waals surface area (Å²) in [4.78, 5) is 26.5. The lowest BCUT2D eigenvalue weighted by Gasteiger charge is -2.27. The summed E-state index contributed by atoms with van der Waals surface area (Å²) in [6, 6.07) is 7.69. The van der Waals surface area contributed by atoms with Gasteiger partial charge in [0, 0.05) is 13.1 Å². The Morgan fingerprint density at radius 2 is 1.80 bits per heavy atom. The summed E-state index contributed by atoms with van der Waals surface area (Å²) in [5.41, 5.74) is 1.00. The van der Waals surface area contributed by atoms with Crippen molar-refractivity contribution >= 4 is 11.9 Å². The van der Waals surface area contributed by atoms with Gasteiger partial charge in [-0.25, -0.2) is 0 Å². The normalized spacial score (nSPS) is 16.3. The highest BCUT2D eigenvalue weighted by molar-refractivity contribution is 5.81. The highest BCUT2D eigenvalue weighted by atomic mass is 16.5. The van der Waals surface area contributed by atoms with Gasteiger partial charge in [0.2, 0.25) is 0 Å². The second-order valence-electron chi connectivity index (χ2n) is 7.51. The molecule has 1 amide bonds. The zero-order valence-electron chi connectivity index (χ0n) is 15.7. The van der Waals surface area contributed by atoms with E-state index in [1.165, 1.54) is 0 Å². The van der Waals surface area contributed by atoms with E-state index in [1.54, 1.807) is 4.90 Å². The van der Waals surface area contributed by atoms with Gasteiger partial charge in [-0.2, -0.15) is 0 Å². The zero-order chi connectivity index (χ0) is 18.4. The molecule has 0 N–H and O–H groups in total. The fraction of sp³-hybridized carbons (Fsp3) is 0.600. The first kappa shape index (κ1) is 19.3. The fourth-order valence-corrected chi connectivity index (χ4v) is 2.98. The molecule has 25 heavy (non-hydrogen) atoms. The molecule has 1 aromatic rings. The highest BCUT2D eigenvalue weighted by Gasteiger charge is 2.28. The molecule has 1 aliphatic rings. The van der Waals surface area contributed by atoms with Crippen molar-refractivity contribution in [2.75, 3.05) is 26.3 Å². The van der Waals surface area contributed by atoms with Crippen LogP contribution in [0.2, 0.25) is 0 Å². The molecule has 0 spiro atoms. The van der Waals surface area contributed by atoms with Gasteiger partial charge in [0.25, 0.3) is 5.91 Å². The predicted molar refractivity (Wildman–Crippen MR) is 96.3 cm³/mol. The van der Waals surface area contributed by atoms with Crippen LogP contribution in [0.1, 0.15) is 33.3 Å². The third-order valence-corrected chi connectivity index (χ3v) is 4.07. The molecular weight excluding hydrogens is 318 g/mol. The summed E-state index contributed by atoms with van der Waals surface area (Å²) < 4.78 is 10.9.